The molecular weight excluding hydrogens is 354 g/mol. The Bertz CT molecular complexity index is 782. The molecule has 0 saturated carbocycles. The molecule has 1 fully saturated rings. The van der Waals surface area contributed by atoms with Gasteiger partial charge in [0, 0.05) is 44.0 Å². The van der Waals surface area contributed by atoms with E-state index in [1.54, 1.807) is 26.4 Å². The number of rotatable bonds is 5. The SMILES string of the molecule is COc1ccc(NC(=O)N2CCCN(Cc3ccccc3)C[C@H]2C)cc1OC. The van der Waals surface area contributed by atoms with Gasteiger partial charge in [0.2, 0.25) is 0 Å². The second-order valence-corrected chi connectivity index (χ2v) is 7.12. The van der Waals surface area contributed by atoms with E-state index >= 15 is 0 Å². The Kier molecular flexibility index (Phi) is 6.76. The Morgan fingerprint density at radius 3 is 2.54 bits per heavy atom. The molecule has 1 atom stereocenters. The van der Waals surface area contributed by atoms with Crippen LogP contribution in [0.2, 0.25) is 0 Å². The third kappa shape index (κ3) is 4.95. The first kappa shape index (κ1) is 20.0. The van der Waals surface area contributed by atoms with Crippen LogP contribution >= 0.6 is 0 Å². The van der Waals surface area contributed by atoms with Crippen molar-refractivity contribution in [1.82, 2.24) is 9.80 Å². The summed E-state index contributed by atoms with van der Waals surface area (Å²) in [7, 11) is 3.18. The van der Waals surface area contributed by atoms with Gasteiger partial charge in [-0.25, -0.2) is 4.79 Å². The molecule has 6 heteroatoms. The Hall–Kier alpha value is -2.73. The van der Waals surface area contributed by atoms with E-state index in [4.69, 9.17) is 9.47 Å². The number of urea groups is 1. The van der Waals surface area contributed by atoms with Crippen molar-refractivity contribution >= 4 is 11.7 Å². The van der Waals surface area contributed by atoms with Crippen LogP contribution in [-0.2, 0) is 6.54 Å². The van der Waals surface area contributed by atoms with E-state index in [9.17, 15) is 4.79 Å². The molecule has 1 saturated heterocycles. The molecule has 28 heavy (non-hydrogen) atoms. The molecule has 150 valence electrons. The third-order valence-electron chi connectivity index (χ3n) is 5.07. The molecule has 0 aromatic heterocycles. The highest BCUT2D eigenvalue weighted by atomic mass is 16.5. The Morgan fingerprint density at radius 2 is 1.82 bits per heavy atom. The van der Waals surface area contributed by atoms with E-state index < -0.39 is 0 Å². The Balaban J connectivity index is 1.62. The summed E-state index contributed by atoms with van der Waals surface area (Å²) in [5.41, 5.74) is 2.00. The summed E-state index contributed by atoms with van der Waals surface area (Å²) in [6.45, 7) is 5.60. The number of nitrogens with zero attached hydrogens (tertiary/aromatic N) is 2. The number of carbonyl (C=O) groups excluding carboxylic acids is 1. The first-order chi connectivity index (χ1) is 13.6. The Morgan fingerprint density at radius 1 is 1.07 bits per heavy atom. The molecular formula is C22H29N3O3. The number of nitrogens with one attached hydrogen (secondary N) is 1. The maximum atomic E-state index is 12.9. The van der Waals surface area contributed by atoms with Crippen LogP contribution in [0.5, 0.6) is 11.5 Å². The summed E-state index contributed by atoms with van der Waals surface area (Å²) >= 11 is 0. The van der Waals surface area contributed by atoms with E-state index in [1.807, 2.05) is 17.0 Å². The molecule has 1 aliphatic rings. The lowest BCUT2D eigenvalue weighted by atomic mass is 10.2. The molecule has 1 heterocycles. The maximum absolute atomic E-state index is 12.9. The lowest BCUT2D eigenvalue weighted by molar-refractivity contribution is 0.184. The molecule has 6 nitrogen and oxygen atoms in total. The molecule has 2 aromatic rings. The molecule has 0 aliphatic carbocycles. The number of hydrogen-bond donors (Lipinski definition) is 1. The number of benzene rings is 2. The van der Waals surface area contributed by atoms with Crippen LogP contribution in [0.1, 0.15) is 18.9 Å². The van der Waals surface area contributed by atoms with Gasteiger partial charge in [0.1, 0.15) is 0 Å². The molecule has 0 radical (unpaired) electrons. The average Bonchev–Trinajstić information content (AvgIpc) is 2.89. The number of ether oxygens (including phenoxy) is 2. The van der Waals surface area contributed by atoms with Crippen molar-refractivity contribution in [2.45, 2.75) is 25.9 Å². The summed E-state index contributed by atoms with van der Waals surface area (Å²) in [4.78, 5) is 17.2. The van der Waals surface area contributed by atoms with E-state index in [0.717, 1.165) is 32.6 Å². The highest BCUT2D eigenvalue weighted by molar-refractivity contribution is 5.90. The third-order valence-corrected chi connectivity index (χ3v) is 5.07. The Labute approximate surface area is 167 Å². The first-order valence-electron chi connectivity index (χ1n) is 9.66. The highest BCUT2D eigenvalue weighted by Crippen LogP contribution is 2.30. The zero-order valence-electron chi connectivity index (χ0n) is 16.9. The molecule has 1 aliphatic heterocycles. The van der Waals surface area contributed by atoms with E-state index in [1.165, 1.54) is 5.56 Å². The number of carbonyl (C=O) groups is 1. The monoisotopic (exact) mass is 383 g/mol. The predicted octanol–water partition coefficient (Wildman–Crippen LogP) is 3.83. The van der Waals surface area contributed by atoms with Crippen LogP contribution in [0.4, 0.5) is 10.5 Å². The van der Waals surface area contributed by atoms with Crippen LogP contribution in [-0.4, -0.2) is 55.7 Å². The van der Waals surface area contributed by atoms with Gasteiger partial charge in [-0.3, -0.25) is 4.90 Å². The maximum Gasteiger partial charge on any atom is 0.322 e. The van der Waals surface area contributed by atoms with Crippen molar-refractivity contribution in [3.8, 4) is 11.5 Å². The van der Waals surface area contributed by atoms with Gasteiger partial charge in [-0.15, -0.1) is 0 Å². The molecule has 0 unspecified atom stereocenters. The molecule has 1 N–H and O–H groups in total. The molecule has 3 rings (SSSR count). The number of anilines is 1. The van der Waals surface area contributed by atoms with Gasteiger partial charge >= 0.3 is 6.03 Å². The number of amides is 2. The van der Waals surface area contributed by atoms with E-state index in [2.05, 4.69) is 41.4 Å². The second-order valence-electron chi connectivity index (χ2n) is 7.12. The van der Waals surface area contributed by atoms with E-state index in [-0.39, 0.29) is 12.1 Å². The smallest absolute Gasteiger partial charge is 0.322 e. The highest BCUT2D eigenvalue weighted by Gasteiger charge is 2.25. The fourth-order valence-electron chi connectivity index (χ4n) is 3.64. The molecule has 0 spiro atoms. The van der Waals surface area contributed by atoms with Crippen LogP contribution < -0.4 is 14.8 Å². The minimum Gasteiger partial charge on any atom is -0.493 e. The largest absolute Gasteiger partial charge is 0.493 e. The first-order valence-corrected chi connectivity index (χ1v) is 9.66. The number of hydrogen-bond acceptors (Lipinski definition) is 4. The predicted molar refractivity (Wildman–Crippen MR) is 111 cm³/mol. The van der Waals surface area contributed by atoms with Crippen LogP contribution in [0.3, 0.4) is 0 Å². The normalized spacial score (nSPS) is 17.7. The molecule has 0 bridgehead atoms. The molecule has 2 aromatic carbocycles. The van der Waals surface area contributed by atoms with Gasteiger partial charge in [0.05, 0.1) is 14.2 Å². The topological polar surface area (TPSA) is 54.0 Å². The summed E-state index contributed by atoms with van der Waals surface area (Å²) in [5, 5.41) is 2.99. The quantitative estimate of drug-likeness (QED) is 0.853. The second kappa shape index (κ2) is 9.46. The summed E-state index contributed by atoms with van der Waals surface area (Å²) in [5.74, 6) is 1.23. The van der Waals surface area contributed by atoms with Crippen molar-refractivity contribution in [2.75, 3.05) is 39.2 Å². The summed E-state index contributed by atoms with van der Waals surface area (Å²) < 4.78 is 10.6. The van der Waals surface area contributed by atoms with Gasteiger partial charge in [-0.05, 0) is 31.0 Å². The van der Waals surface area contributed by atoms with Crippen molar-refractivity contribution in [3.63, 3.8) is 0 Å². The zero-order valence-corrected chi connectivity index (χ0v) is 16.9. The lowest BCUT2D eigenvalue weighted by Gasteiger charge is -2.29. The van der Waals surface area contributed by atoms with Gasteiger partial charge < -0.3 is 19.7 Å². The standard InChI is InChI=1S/C22H29N3O3/c1-17-15-24(16-18-8-5-4-6-9-18)12-7-13-25(17)22(26)23-19-10-11-20(27-2)21(14-19)28-3/h4-6,8-11,14,17H,7,12-13,15-16H2,1-3H3,(H,23,26)/t17-/m1/s1. The van der Waals surface area contributed by atoms with Crippen molar-refractivity contribution < 1.29 is 14.3 Å². The van der Waals surface area contributed by atoms with Crippen molar-refractivity contribution in [1.29, 1.82) is 0 Å². The van der Waals surface area contributed by atoms with E-state index in [0.29, 0.717) is 17.2 Å². The zero-order chi connectivity index (χ0) is 19.9. The molecule has 2 amide bonds. The number of methoxy groups -OCH3 is 2. The summed E-state index contributed by atoms with van der Waals surface area (Å²) in [6.07, 6.45) is 0.955. The van der Waals surface area contributed by atoms with Gasteiger partial charge in [-0.1, -0.05) is 30.3 Å². The van der Waals surface area contributed by atoms with Gasteiger partial charge in [0.25, 0.3) is 0 Å². The van der Waals surface area contributed by atoms with Gasteiger partial charge in [-0.2, -0.15) is 0 Å². The fourth-order valence-corrected chi connectivity index (χ4v) is 3.64. The van der Waals surface area contributed by atoms with Crippen molar-refractivity contribution in [3.05, 3.63) is 54.1 Å². The van der Waals surface area contributed by atoms with Crippen LogP contribution in [0, 0.1) is 0 Å². The minimum atomic E-state index is -0.0821. The van der Waals surface area contributed by atoms with Crippen molar-refractivity contribution in [2.24, 2.45) is 0 Å². The van der Waals surface area contributed by atoms with Gasteiger partial charge in [0.15, 0.2) is 11.5 Å². The minimum absolute atomic E-state index is 0.0821. The lowest BCUT2D eigenvalue weighted by Crippen LogP contribution is -2.44. The summed E-state index contributed by atoms with van der Waals surface area (Å²) in [6, 6.07) is 15.9. The van der Waals surface area contributed by atoms with Crippen LogP contribution in [0.25, 0.3) is 0 Å². The van der Waals surface area contributed by atoms with Crippen LogP contribution in [0.15, 0.2) is 48.5 Å². The average molecular weight is 383 g/mol. The fraction of sp³-hybridized carbons (Fsp3) is 0.409.